The van der Waals surface area contributed by atoms with E-state index in [1.807, 2.05) is 0 Å². The molecule has 1 rings (SSSR count). The van der Waals surface area contributed by atoms with Crippen molar-refractivity contribution in [2.24, 2.45) is 0 Å². The molecule has 0 aromatic rings. The molecule has 2 nitrogen and oxygen atoms in total. The van der Waals surface area contributed by atoms with E-state index in [4.69, 9.17) is 4.74 Å². The fourth-order valence-corrected chi connectivity index (χ4v) is 2.35. The van der Waals surface area contributed by atoms with E-state index in [1.165, 1.54) is 0 Å². The normalized spacial score (nSPS) is 21.3. The van der Waals surface area contributed by atoms with Crippen molar-refractivity contribution in [3.8, 4) is 0 Å². The van der Waals surface area contributed by atoms with Gasteiger partial charge in [-0.3, -0.25) is 0 Å². The number of allylic oxidation sites excluding steroid dienone is 6. The van der Waals surface area contributed by atoms with Crippen LogP contribution in [0.3, 0.4) is 0 Å². The summed E-state index contributed by atoms with van der Waals surface area (Å²) < 4.78 is 5.65. The van der Waals surface area contributed by atoms with Crippen molar-refractivity contribution in [1.29, 1.82) is 0 Å². The number of carbonyl (C=O) groups excluding carboxylic acids is 1. The maximum Gasteiger partial charge on any atom is 0.129 e. The maximum atomic E-state index is 10.8. The molecule has 128 valence electrons. The molecular formula is C21H32O2. The lowest BCUT2D eigenvalue weighted by Crippen LogP contribution is -1.90. The van der Waals surface area contributed by atoms with Crippen molar-refractivity contribution in [2.75, 3.05) is 0 Å². The van der Waals surface area contributed by atoms with Gasteiger partial charge in [-0.2, -0.15) is 0 Å². The van der Waals surface area contributed by atoms with Gasteiger partial charge in [-0.05, 0) is 51.9 Å². The second-order valence-electron chi connectivity index (χ2n) is 6.04. The second-order valence-corrected chi connectivity index (χ2v) is 6.04. The van der Waals surface area contributed by atoms with Gasteiger partial charge in [-0.15, -0.1) is 0 Å². The van der Waals surface area contributed by atoms with Gasteiger partial charge in [0.1, 0.15) is 5.78 Å². The summed E-state index contributed by atoms with van der Waals surface area (Å²) >= 11 is 0. The van der Waals surface area contributed by atoms with Gasteiger partial charge in [0.2, 0.25) is 0 Å². The van der Waals surface area contributed by atoms with Crippen molar-refractivity contribution >= 4 is 5.78 Å². The summed E-state index contributed by atoms with van der Waals surface area (Å²) in [4.78, 5) is 10.8. The molecule has 0 N–H and O–H groups in total. The Hall–Kier alpha value is -1.41. The van der Waals surface area contributed by atoms with E-state index < -0.39 is 0 Å². The fourth-order valence-electron chi connectivity index (χ4n) is 2.35. The van der Waals surface area contributed by atoms with Crippen molar-refractivity contribution in [2.45, 2.75) is 77.4 Å². The molecule has 1 heterocycles. The molecule has 2 atom stereocenters. The van der Waals surface area contributed by atoms with Crippen LogP contribution in [0.1, 0.15) is 65.2 Å². The van der Waals surface area contributed by atoms with Crippen LogP contribution in [0.4, 0.5) is 0 Å². The molecule has 1 aliphatic rings. The number of hydrogen-bond acceptors (Lipinski definition) is 2. The Bertz CT molecular complexity index is 429. The maximum absolute atomic E-state index is 10.8. The Labute approximate surface area is 142 Å². The van der Waals surface area contributed by atoms with E-state index in [9.17, 15) is 4.79 Å². The van der Waals surface area contributed by atoms with Gasteiger partial charge in [-0.1, -0.05) is 55.5 Å². The highest BCUT2D eigenvalue weighted by atomic mass is 16.6. The summed E-state index contributed by atoms with van der Waals surface area (Å²) in [5.74, 6) is 0.281. The Kier molecular flexibility index (Phi) is 11.2. The van der Waals surface area contributed by atoms with E-state index in [1.54, 1.807) is 6.92 Å². The lowest BCUT2D eigenvalue weighted by molar-refractivity contribution is -0.117. The van der Waals surface area contributed by atoms with Crippen molar-refractivity contribution in [3.05, 3.63) is 48.6 Å². The average molecular weight is 316 g/mol. The van der Waals surface area contributed by atoms with Crippen LogP contribution in [0.15, 0.2) is 48.6 Å². The van der Waals surface area contributed by atoms with Crippen LogP contribution in [0.2, 0.25) is 0 Å². The standard InChI is InChI=1S/C21H32O2/c1-3-4-5-6-7-8-9-10-14-17-20-21(23-20)18-15-12-11-13-16-19(2)22/h4-5,7-8,10,12,14-15,20-21H,3,6,9,11,13,16-18H2,1-2H3/b5-4-,8-7-,14-10-,15-12-. The van der Waals surface area contributed by atoms with Crippen molar-refractivity contribution in [1.82, 2.24) is 0 Å². The number of unbranched alkanes of at least 4 members (excludes halogenated alkanes) is 1. The molecule has 0 radical (unpaired) electrons. The highest BCUT2D eigenvalue weighted by molar-refractivity contribution is 5.75. The largest absolute Gasteiger partial charge is 0.369 e. The average Bonchev–Trinajstić information content (AvgIpc) is 3.27. The first-order valence-corrected chi connectivity index (χ1v) is 8.99. The molecule has 2 heteroatoms. The summed E-state index contributed by atoms with van der Waals surface area (Å²) in [7, 11) is 0. The van der Waals surface area contributed by atoms with E-state index in [-0.39, 0.29) is 5.78 Å². The quantitative estimate of drug-likeness (QED) is 0.247. The van der Waals surface area contributed by atoms with Gasteiger partial charge in [-0.25, -0.2) is 0 Å². The molecule has 0 aromatic carbocycles. The zero-order chi connectivity index (χ0) is 16.8. The molecule has 23 heavy (non-hydrogen) atoms. The smallest absolute Gasteiger partial charge is 0.129 e. The molecular weight excluding hydrogens is 284 g/mol. The molecule has 0 aromatic heterocycles. The number of carbonyl (C=O) groups is 1. The molecule has 0 spiro atoms. The second kappa shape index (κ2) is 13.1. The number of rotatable bonds is 13. The third kappa shape index (κ3) is 11.8. The first-order valence-electron chi connectivity index (χ1n) is 8.99. The molecule has 0 bridgehead atoms. The minimum atomic E-state index is 0.281. The lowest BCUT2D eigenvalue weighted by Gasteiger charge is -1.91. The monoisotopic (exact) mass is 316 g/mol. The Morgan fingerprint density at radius 1 is 0.870 bits per heavy atom. The lowest BCUT2D eigenvalue weighted by atomic mass is 10.1. The van der Waals surface area contributed by atoms with Crippen LogP contribution in [0.25, 0.3) is 0 Å². The zero-order valence-corrected chi connectivity index (χ0v) is 14.7. The Morgan fingerprint density at radius 2 is 1.43 bits per heavy atom. The summed E-state index contributed by atoms with van der Waals surface area (Å²) in [5, 5.41) is 0. The van der Waals surface area contributed by atoms with Crippen LogP contribution in [0.5, 0.6) is 0 Å². The predicted molar refractivity (Wildman–Crippen MR) is 98.5 cm³/mol. The van der Waals surface area contributed by atoms with Crippen LogP contribution in [-0.2, 0) is 9.53 Å². The number of ether oxygens (including phenoxy) is 1. The molecule has 1 aliphatic heterocycles. The summed E-state index contributed by atoms with van der Waals surface area (Å²) in [6, 6.07) is 0. The number of Topliss-reactive ketones (excluding diaryl/α,β-unsaturated/α-hetero) is 1. The molecule has 0 aliphatic carbocycles. The fraction of sp³-hybridized carbons (Fsp3) is 0.571. The first-order chi connectivity index (χ1) is 11.2. The van der Waals surface area contributed by atoms with Crippen molar-refractivity contribution < 1.29 is 9.53 Å². The third-order valence-electron chi connectivity index (χ3n) is 3.77. The summed E-state index contributed by atoms with van der Waals surface area (Å²) in [6.07, 6.45) is 26.3. The van der Waals surface area contributed by atoms with E-state index in [0.717, 1.165) is 44.9 Å². The van der Waals surface area contributed by atoms with Gasteiger partial charge in [0.25, 0.3) is 0 Å². The van der Waals surface area contributed by atoms with Crippen LogP contribution in [-0.4, -0.2) is 18.0 Å². The van der Waals surface area contributed by atoms with Gasteiger partial charge >= 0.3 is 0 Å². The van der Waals surface area contributed by atoms with Crippen molar-refractivity contribution in [3.63, 3.8) is 0 Å². The number of epoxide rings is 1. The minimum Gasteiger partial charge on any atom is -0.369 e. The molecule has 1 fully saturated rings. The number of hydrogen-bond donors (Lipinski definition) is 0. The topological polar surface area (TPSA) is 29.6 Å². The molecule has 0 saturated carbocycles. The van der Waals surface area contributed by atoms with Crippen LogP contribution < -0.4 is 0 Å². The van der Waals surface area contributed by atoms with Gasteiger partial charge < -0.3 is 9.53 Å². The van der Waals surface area contributed by atoms with Gasteiger partial charge in [0.15, 0.2) is 0 Å². The Balaban J connectivity index is 1.96. The zero-order valence-electron chi connectivity index (χ0n) is 14.7. The third-order valence-corrected chi connectivity index (χ3v) is 3.77. The molecule has 1 saturated heterocycles. The summed E-state index contributed by atoms with van der Waals surface area (Å²) in [6.45, 7) is 3.81. The SMILES string of the molecule is CC/C=C\C/C=C\C/C=C\CC1OC1C/C=C\CCCC(C)=O. The van der Waals surface area contributed by atoms with E-state index in [2.05, 4.69) is 55.5 Å². The Morgan fingerprint density at radius 3 is 2.04 bits per heavy atom. The molecule has 2 unspecified atom stereocenters. The van der Waals surface area contributed by atoms with Crippen LogP contribution >= 0.6 is 0 Å². The van der Waals surface area contributed by atoms with Gasteiger partial charge in [0, 0.05) is 6.42 Å². The van der Waals surface area contributed by atoms with E-state index in [0.29, 0.717) is 18.6 Å². The highest BCUT2D eigenvalue weighted by Crippen LogP contribution is 2.29. The predicted octanol–water partition coefficient (Wildman–Crippen LogP) is 5.71. The minimum absolute atomic E-state index is 0.281. The highest BCUT2D eigenvalue weighted by Gasteiger charge is 2.35. The number of ketones is 1. The van der Waals surface area contributed by atoms with Gasteiger partial charge in [0.05, 0.1) is 12.2 Å². The van der Waals surface area contributed by atoms with Crippen LogP contribution in [0, 0.1) is 0 Å². The molecule has 0 amide bonds. The van der Waals surface area contributed by atoms with E-state index >= 15 is 0 Å². The summed E-state index contributed by atoms with van der Waals surface area (Å²) in [5.41, 5.74) is 0. The first kappa shape index (κ1) is 19.6.